The molecule has 0 aromatic heterocycles. The normalized spacial score (nSPS) is 18.4. The Bertz CT molecular complexity index is 1000. The first-order chi connectivity index (χ1) is 15.0. The summed E-state index contributed by atoms with van der Waals surface area (Å²) in [5, 5.41) is 13.9. The molecule has 2 aromatic rings. The molecular weight excluding hydrogens is 400 g/mol. The fraction of sp³-hybridized carbons (Fsp3) is 0.364. The monoisotopic (exact) mass is 424 g/mol. The van der Waals surface area contributed by atoms with Crippen LogP contribution >= 0.6 is 0 Å². The first-order valence-electron chi connectivity index (χ1n) is 10.2. The highest BCUT2D eigenvalue weighted by Gasteiger charge is 2.36. The molecule has 2 aliphatic rings. The van der Waals surface area contributed by atoms with Crippen molar-refractivity contribution in [3.8, 4) is 5.75 Å². The summed E-state index contributed by atoms with van der Waals surface area (Å²) in [5.41, 5.74) is 1.70. The number of nitrogens with one attached hydrogen (secondary N) is 1. The van der Waals surface area contributed by atoms with Gasteiger partial charge in [-0.3, -0.25) is 19.7 Å². The molecule has 1 atom stereocenters. The van der Waals surface area contributed by atoms with E-state index in [4.69, 9.17) is 4.74 Å². The zero-order valence-electron chi connectivity index (χ0n) is 17.2. The number of rotatable bonds is 6. The number of carbonyl (C=O) groups is 2. The third kappa shape index (κ3) is 4.30. The lowest BCUT2D eigenvalue weighted by Crippen LogP contribution is -2.28. The third-order valence-corrected chi connectivity index (χ3v) is 5.79. The van der Waals surface area contributed by atoms with Gasteiger partial charge in [0.15, 0.2) is 0 Å². The molecule has 162 valence electrons. The van der Waals surface area contributed by atoms with E-state index in [2.05, 4.69) is 10.2 Å². The molecule has 2 heterocycles. The standard InChI is InChI=1S/C22H24N4O5/c1-31-18-8-9-19(20(13-18)26(29)30)23-22(28)15-12-21(27)25(14-15)17-6-4-16(5-7-17)24-10-2-3-11-24/h4-9,13,15H,2-3,10-12,14H2,1H3,(H,23,28). The number of benzene rings is 2. The smallest absolute Gasteiger partial charge is 0.296 e. The molecule has 31 heavy (non-hydrogen) atoms. The van der Waals surface area contributed by atoms with E-state index in [0.29, 0.717) is 5.75 Å². The maximum absolute atomic E-state index is 12.7. The summed E-state index contributed by atoms with van der Waals surface area (Å²) in [7, 11) is 1.41. The third-order valence-electron chi connectivity index (χ3n) is 5.79. The van der Waals surface area contributed by atoms with E-state index in [9.17, 15) is 19.7 Å². The van der Waals surface area contributed by atoms with Crippen LogP contribution in [0, 0.1) is 16.0 Å². The molecule has 2 aromatic carbocycles. The maximum Gasteiger partial charge on any atom is 0.296 e. The van der Waals surface area contributed by atoms with Crippen molar-refractivity contribution in [3.63, 3.8) is 0 Å². The van der Waals surface area contributed by atoms with Gasteiger partial charge in [0.2, 0.25) is 11.8 Å². The number of nitro groups is 1. The van der Waals surface area contributed by atoms with E-state index in [1.807, 2.05) is 24.3 Å². The Labute approximate surface area is 179 Å². The second-order valence-electron chi connectivity index (χ2n) is 7.75. The zero-order chi connectivity index (χ0) is 22.0. The van der Waals surface area contributed by atoms with E-state index >= 15 is 0 Å². The highest BCUT2D eigenvalue weighted by Crippen LogP contribution is 2.32. The molecule has 2 fully saturated rings. The lowest BCUT2D eigenvalue weighted by Gasteiger charge is -2.20. The van der Waals surface area contributed by atoms with Crippen LogP contribution in [0.15, 0.2) is 42.5 Å². The predicted molar refractivity (Wildman–Crippen MR) is 117 cm³/mol. The molecule has 1 unspecified atom stereocenters. The van der Waals surface area contributed by atoms with E-state index in [-0.39, 0.29) is 30.2 Å². The van der Waals surface area contributed by atoms with E-state index in [1.54, 1.807) is 4.90 Å². The summed E-state index contributed by atoms with van der Waals surface area (Å²) in [6.07, 6.45) is 2.44. The molecule has 0 bridgehead atoms. The Hall–Kier alpha value is -3.62. The minimum Gasteiger partial charge on any atom is -0.496 e. The Balaban J connectivity index is 1.44. The summed E-state index contributed by atoms with van der Waals surface area (Å²) in [4.78, 5) is 40.0. The minimum atomic E-state index is -0.590. The van der Waals surface area contributed by atoms with Crippen molar-refractivity contribution in [1.82, 2.24) is 0 Å². The van der Waals surface area contributed by atoms with Crippen molar-refractivity contribution >= 4 is 34.6 Å². The van der Waals surface area contributed by atoms with Crippen LogP contribution in [0.2, 0.25) is 0 Å². The molecule has 2 amide bonds. The first-order valence-corrected chi connectivity index (χ1v) is 10.2. The highest BCUT2D eigenvalue weighted by atomic mass is 16.6. The molecular formula is C22H24N4O5. The molecule has 0 radical (unpaired) electrons. The second kappa shape index (κ2) is 8.63. The number of methoxy groups -OCH3 is 1. The number of hydrogen-bond donors (Lipinski definition) is 1. The first kappa shape index (κ1) is 20.6. The molecule has 1 N–H and O–H groups in total. The number of hydrogen-bond acceptors (Lipinski definition) is 6. The molecule has 2 saturated heterocycles. The molecule has 0 aliphatic carbocycles. The van der Waals surface area contributed by atoms with Gasteiger partial charge in [0.1, 0.15) is 11.4 Å². The van der Waals surface area contributed by atoms with Crippen molar-refractivity contribution in [3.05, 3.63) is 52.6 Å². The lowest BCUT2D eigenvalue weighted by atomic mass is 10.1. The van der Waals surface area contributed by atoms with Gasteiger partial charge >= 0.3 is 0 Å². The summed E-state index contributed by atoms with van der Waals surface area (Å²) >= 11 is 0. The van der Waals surface area contributed by atoms with Crippen LogP contribution in [0.5, 0.6) is 5.75 Å². The number of amides is 2. The SMILES string of the molecule is COc1ccc(NC(=O)C2CC(=O)N(c3ccc(N4CCCC4)cc3)C2)c([N+](=O)[O-])c1. The average molecular weight is 424 g/mol. The van der Waals surface area contributed by atoms with Gasteiger partial charge in [-0.2, -0.15) is 0 Å². The fourth-order valence-corrected chi connectivity index (χ4v) is 4.08. The number of ether oxygens (including phenoxy) is 1. The van der Waals surface area contributed by atoms with Crippen molar-refractivity contribution in [1.29, 1.82) is 0 Å². The van der Waals surface area contributed by atoms with Crippen molar-refractivity contribution in [2.45, 2.75) is 19.3 Å². The molecule has 9 nitrogen and oxygen atoms in total. The molecule has 9 heteroatoms. The van der Waals surface area contributed by atoms with Crippen molar-refractivity contribution in [2.75, 3.05) is 41.9 Å². The predicted octanol–water partition coefficient (Wildman–Crippen LogP) is 3.20. The van der Waals surface area contributed by atoms with Crippen LogP contribution in [0.3, 0.4) is 0 Å². The van der Waals surface area contributed by atoms with Gasteiger partial charge in [0.25, 0.3) is 5.69 Å². The van der Waals surface area contributed by atoms with Crippen LogP contribution in [-0.4, -0.2) is 43.5 Å². The number of nitrogens with zero attached hydrogens (tertiary/aromatic N) is 3. The Morgan fingerprint density at radius 3 is 2.45 bits per heavy atom. The number of carbonyl (C=O) groups excluding carboxylic acids is 2. The lowest BCUT2D eigenvalue weighted by molar-refractivity contribution is -0.384. The van der Waals surface area contributed by atoms with Gasteiger partial charge in [-0.25, -0.2) is 0 Å². The second-order valence-corrected chi connectivity index (χ2v) is 7.75. The number of anilines is 3. The van der Waals surface area contributed by atoms with Crippen LogP contribution in [0.1, 0.15) is 19.3 Å². The minimum absolute atomic E-state index is 0.0592. The zero-order valence-corrected chi connectivity index (χ0v) is 17.2. The number of nitro benzene ring substituents is 1. The molecule has 0 saturated carbocycles. The molecule has 2 aliphatic heterocycles. The molecule has 0 spiro atoms. The van der Waals surface area contributed by atoms with Gasteiger partial charge in [0.05, 0.1) is 24.0 Å². The Morgan fingerprint density at radius 2 is 1.81 bits per heavy atom. The average Bonchev–Trinajstić information content (AvgIpc) is 3.44. The van der Waals surface area contributed by atoms with E-state index < -0.39 is 16.7 Å². The van der Waals surface area contributed by atoms with Gasteiger partial charge in [-0.15, -0.1) is 0 Å². The Kier molecular flexibility index (Phi) is 5.75. The van der Waals surface area contributed by atoms with Crippen molar-refractivity contribution in [2.24, 2.45) is 5.92 Å². The Morgan fingerprint density at radius 1 is 1.13 bits per heavy atom. The summed E-state index contributed by atoms with van der Waals surface area (Å²) in [5.74, 6) is -0.826. The largest absolute Gasteiger partial charge is 0.496 e. The summed E-state index contributed by atoms with van der Waals surface area (Å²) in [6.45, 7) is 2.32. The van der Waals surface area contributed by atoms with Gasteiger partial charge in [-0.05, 0) is 49.2 Å². The topological polar surface area (TPSA) is 105 Å². The fourth-order valence-electron chi connectivity index (χ4n) is 4.08. The van der Waals surface area contributed by atoms with E-state index in [1.165, 1.54) is 38.2 Å². The van der Waals surface area contributed by atoms with Gasteiger partial charge < -0.3 is 19.9 Å². The van der Waals surface area contributed by atoms with Gasteiger partial charge in [0, 0.05) is 37.4 Å². The van der Waals surface area contributed by atoms with Crippen LogP contribution in [-0.2, 0) is 9.59 Å². The van der Waals surface area contributed by atoms with Gasteiger partial charge in [-0.1, -0.05) is 0 Å². The quantitative estimate of drug-likeness (QED) is 0.564. The highest BCUT2D eigenvalue weighted by molar-refractivity contribution is 6.04. The van der Waals surface area contributed by atoms with Crippen molar-refractivity contribution < 1.29 is 19.2 Å². The van der Waals surface area contributed by atoms with Crippen LogP contribution in [0.4, 0.5) is 22.7 Å². The molecule has 4 rings (SSSR count). The van der Waals surface area contributed by atoms with E-state index in [0.717, 1.165) is 24.5 Å². The van der Waals surface area contributed by atoms with Crippen LogP contribution in [0.25, 0.3) is 0 Å². The summed E-state index contributed by atoms with van der Waals surface area (Å²) in [6, 6.07) is 12.0. The van der Waals surface area contributed by atoms with Crippen LogP contribution < -0.4 is 19.9 Å². The summed E-state index contributed by atoms with van der Waals surface area (Å²) < 4.78 is 5.01. The maximum atomic E-state index is 12.7.